The molecule has 0 fully saturated rings. The van der Waals surface area contributed by atoms with Gasteiger partial charge in [-0.25, -0.2) is 13.2 Å². The van der Waals surface area contributed by atoms with Crippen LogP contribution >= 0.6 is 11.6 Å². The Labute approximate surface area is 308 Å². The molecule has 2 amide bonds. The lowest BCUT2D eigenvalue weighted by Gasteiger charge is -2.28. The third-order valence-corrected chi connectivity index (χ3v) is 10.1. The summed E-state index contributed by atoms with van der Waals surface area (Å²) in [6.07, 6.45) is -0.601. The van der Waals surface area contributed by atoms with E-state index in [1.807, 2.05) is 31.2 Å². The van der Waals surface area contributed by atoms with Crippen LogP contribution in [0.2, 0.25) is 5.02 Å². The number of rotatable bonds is 14. The molecule has 52 heavy (non-hydrogen) atoms. The lowest BCUT2D eigenvalue weighted by Crippen LogP contribution is -2.45. The van der Waals surface area contributed by atoms with Gasteiger partial charge in [-0.05, 0) is 88.9 Å². The van der Waals surface area contributed by atoms with Gasteiger partial charge in [0.1, 0.15) is 10.5 Å². The monoisotopic (exact) mass is 758 g/mol. The van der Waals surface area contributed by atoms with Crippen molar-refractivity contribution in [3.05, 3.63) is 99.2 Å². The molecule has 0 radical (unpaired) electrons. The van der Waals surface area contributed by atoms with E-state index in [1.165, 1.54) is 17.1 Å². The van der Waals surface area contributed by atoms with Crippen LogP contribution in [-0.4, -0.2) is 72.2 Å². The van der Waals surface area contributed by atoms with E-state index < -0.39 is 51.8 Å². The van der Waals surface area contributed by atoms with Crippen LogP contribution in [0.25, 0.3) is 0 Å². The molecule has 0 aliphatic carbocycles. The lowest BCUT2D eigenvalue weighted by molar-refractivity contribution is -0.710. The minimum atomic E-state index is -4.69. The van der Waals surface area contributed by atoms with Crippen LogP contribution in [-0.2, 0) is 48.5 Å². The fraction of sp³-hybridized carbons (Fsp3) is 0.400. The fourth-order valence-corrected chi connectivity index (χ4v) is 7.05. The first-order chi connectivity index (χ1) is 24.5. The molecule has 4 rings (SSSR count). The topological polar surface area (TPSA) is 173 Å². The number of nitrogens with one attached hydrogen (secondary N) is 1. The van der Waals surface area contributed by atoms with Gasteiger partial charge >= 0.3 is 12.1 Å². The van der Waals surface area contributed by atoms with E-state index in [0.717, 1.165) is 23.7 Å². The Bertz CT molecular complexity index is 1900. The van der Waals surface area contributed by atoms with Crippen LogP contribution in [0.5, 0.6) is 0 Å². The molecule has 1 aliphatic heterocycles. The summed E-state index contributed by atoms with van der Waals surface area (Å²) in [7, 11) is -4.69. The maximum absolute atomic E-state index is 14.2. The number of amides is 2. The largest absolute Gasteiger partial charge is 0.569 e. The van der Waals surface area contributed by atoms with Gasteiger partial charge in [-0.15, -0.1) is 5.01 Å². The Morgan fingerprint density at radius 1 is 1.04 bits per heavy atom. The van der Waals surface area contributed by atoms with Gasteiger partial charge in [0.15, 0.2) is 0 Å². The van der Waals surface area contributed by atoms with Crippen LogP contribution in [0.1, 0.15) is 68.6 Å². The molecule has 1 atom stereocenters. The minimum Gasteiger partial charge on any atom is -0.569 e. The van der Waals surface area contributed by atoms with E-state index in [2.05, 4.69) is 10.7 Å². The smallest absolute Gasteiger partial charge is 0.424 e. The van der Waals surface area contributed by atoms with Crippen molar-refractivity contribution in [3.63, 3.8) is 0 Å². The number of benzene rings is 3. The number of sulfonamides is 1. The molecule has 0 saturated heterocycles. The number of nitrogens with zero attached hydrogens (tertiary/aromatic N) is 5. The molecule has 1 aliphatic rings. The molecule has 0 bridgehead atoms. The molecule has 280 valence electrons. The summed E-state index contributed by atoms with van der Waals surface area (Å²) in [4.78, 5) is 43.7. The quantitative estimate of drug-likeness (QED) is 0.0529. The van der Waals surface area contributed by atoms with Crippen molar-refractivity contribution < 1.29 is 42.1 Å². The first-order valence-corrected chi connectivity index (χ1v) is 18.4. The average Bonchev–Trinajstić information content (AvgIpc) is 3.40. The van der Waals surface area contributed by atoms with Gasteiger partial charge in [-0.1, -0.05) is 54.1 Å². The van der Waals surface area contributed by atoms with Gasteiger partial charge in [0, 0.05) is 5.56 Å². The molecule has 15 nitrogen and oxygen atoms in total. The highest BCUT2D eigenvalue weighted by atomic mass is 35.5. The molecule has 3 aromatic carbocycles. The molecule has 3 aromatic rings. The number of esters is 1. The molecule has 1 unspecified atom stereocenters. The molecule has 1 N–H and O–H groups in total. The van der Waals surface area contributed by atoms with Crippen LogP contribution < -0.4 is 10.4 Å². The van der Waals surface area contributed by atoms with Gasteiger partial charge < -0.3 is 19.5 Å². The fourth-order valence-electron chi connectivity index (χ4n) is 5.26. The number of halogens is 1. The van der Waals surface area contributed by atoms with E-state index in [9.17, 15) is 28.0 Å². The molecular weight excluding hydrogens is 716 g/mol. The summed E-state index contributed by atoms with van der Waals surface area (Å²) in [5, 5.41) is 18.0. The van der Waals surface area contributed by atoms with Crippen molar-refractivity contribution in [1.82, 2.24) is 14.7 Å². The number of para-hydroxylation sites is 1. The summed E-state index contributed by atoms with van der Waals surface area (Å²) in [5.41, 5.74) is 4.63. The van der Waals surface area contributed by atoms with Crippen LogP contribution in [0.4, 0.5) is 10.5 Å². The van der Waals surface area contributed by atoms with E-state index in [-0.39, 0.29) is 28.0 Å². The minimum absolute atomic E-state index is 0.00764. The maximum atomic E-state index is 14.2. The van der Waals surface area contributed by atoms with E-state index in [1.54, 1.807) is 63.9 Å². The third-order valence-electron chi connectivity index (χ3n) is 7.86. The molecule has 17 heteroatoms. The first kappa shape index (κ1) is 39.7. The van der Waals surface area contributed by atoms with Crippen LogP contribution in [0.15, 0.2) is 76.9 Å². The van der Waals surface area contributed by atoms with E-state index in [4.69, 9.17) is 25.9 Å². The number of fused-ring (bicyclic) bond motifs is 1. The van der Waals surface area contributed by atoms with Gasteiger partial charge in [-0.2, -0.15) is 4.31 Å². The van der Waals surface area contributed by atoms with E-state index >= 15 is 0 Å². The zero-order chi connectivity index (χ0) is 38.2. The molecular formula is C35H43ClN6O9S. The number of carbonyl (C=O) groups excluding carboxylic acids is 3. The van der Waals surface area contributed by atoms with Crippen LogP contribution in [0.3, 0.4) is 0 Å². The Hall–Kier alpha value is -5.09. The summed E-state index contributed by atoms with van der Waals surface area (Å²) in [6.45, 7) is 10.1. The summed E-state index contributed by atoms with van der Waals surface area (Å²) in [6, 6.07) is 17.6. The second-order valence-corrected chi connectivity index (χ2v) is 15.1. The molecule has 1 heterocycles. The second kappa shape index (κ2) is 17.0. The Kier molecular flexibility index (Phi) is 12.9. The molecule has 0 aromatic heterocycles. The summed E-state index contributed by atoms with van der Waals surface area (Å²) >= 11 is 6.41. The highest BCUT2D eigenvalue weighted by molar-refractivity contribution is 7.89. The lowest BCUT2D eigenvalue weighted by atomic mass is 10.1. The Morgan fingerprint density at radius 3 is 2.35 bits per heavy atom. The number of carbonyl (C=O) groups is 3. The number of anilines is 1. The highest BCUT2D eigenvalue weighted by Crippen LogP contribution is 2.32. The van der Waals surface area contributed by atoms with Crippen molar-refractivity contribution in [2.75, 3.05) is 24.9 Å². The maximum Gasteiger partial charge on any atom is 0.424 e. The average molecular weight is 759 g/mol. The van der Waals surface area contributed by atoms with Gasteiger partial charge in [0.25, 0.3) is 22.7 Å². The van der Waals surface area contributed by atoms with Crippen molar-refractivity contribution in [1.29, 1.82) is 0 Å². The zero-order valence-corrected chi connectivity index (χ0v) is 31.4. The van der Waals surface area contributed by atoms with Gasteiger partial charge in [0.05, 0.1) is 47.8 Å². The third kappa shape index (κ3) is 10.0. The predicted octanol–water partition coefficient (Wildman–Crippen LogP) is 5.76. The first-order valence-electron chi connectivity index (χ1n) is 16.6. The number of ether oxygens (including phenoxy) is 2. The summed E-state index contributed by atoms with van der Waals surface area (Å²) in [5.74, 6) is -1.23. The highest BCUT2D eigenvalue weighted by Gasteiger charge is 2.36. The second-order valence-electron chi connectivity index (χ2n) is 12.9. The normalized spacial score (nSPS) is 14.3. The van der Waals surface area contributed by atoms with Crippen molar-refractivity contribution >= 4 is 45.3 Å². The van der Waals surface area contributed by atoms with E-state index in [0.29, 0.717) is 28.5 Å². The Morgan fingerprint density at radius 2 is 1.69 bits per heavy atom. The van der Waals surface area contributed by atoms with Crippen molar-refractivity contribution in [2.24, 2.45) is 5.28 Å². The summed E-state index contributed by atoms with van der Waals surface area (Å²) < 4.78 is 39.3. The van der Waals surface area contributed by atoms with Crippen LogP contribution in [0, 0.1) is 5.21 Å². The number of hydrogen-bond donors (Lipinski definition) is 1. The van der Waals surface area contributed by atoms with Crippen molar-refractivity contribution in [2.45, 2.75) is 77.5 Å². The predicted molar refractivity (Wildman–Crippen MR) is 191 cm³/mol. The van der Waals surface area contributed by atoms with Gasteiger partial charge in [0.2, 0.25) is 5.28 Å². The number of hydrogen-bond acceptors (Lipinski definition) is 11. The zero-order valence-electron chi connectivity index (χ0n) is 29.9. The molecule has 0 saturated carbocycles. The van der Waals surface area contributed by atoms with Crippen molar-refractivity contribution in [3.8, 4) is 0 Å². The molecule has 0 spiro atoms. The van der Waals surface area contributed by atoms with Gasteiger partial charge in [-0.3, -0.25) is 20.0 Å². The standard InChI is InChI=1S/C35H43ClN6O9S/c1-7-39(8-2)42(46)38-50-23-49-32(43)20-25-13-15-26(16-14-25)22-40(34(45)51-35(4,5)6)52(47,48)31-21-28(17-18-29(31)36)33(44)37-41-24(3)19-27-11-9-10-12-30(27)41/h9-18,21,24H,7-8,19-20,22-23H2,1-6H3,(H,37,44)/b42-38-. The Balaban J connectivity index is 1.50. The SMILES string of the molecule is CCN(CC)/[N+]([O-])=N/OCOC(=O)Cc1ccc(CN(C(=O)OC(C)(C)C)S(=O)(=O)c2cc(C(=O)NN3c4ccccc4CC3C)ccc2Cl)cc1. The number of hydrazine groups is 2.